The molecule has 1 aromatic carbocycles. The number of hydrogen-bond acceptors (Lipinski definition) is 2. The second-order valence-corrected chi connectivity index (χ2v) is 4.28. The van der Waals surface area contributed by atoms with Gasteiger partial charge in [0.15, 0.2) is 5.96 Å². The van der Waals surface area contributed by atoms with Gasteiger partial charge < -0.3 is 16.4 Å². The van der Waals surface area contributed by atoms with Crippen LogP contribution in [-0.4, -0.2) is 31.6 Å². The monoisotopic (exact) mass is 430 g/mol. The van der Waals surface area contributed by atoms with E-state index in [0.29, 0.717) is 12.1 Å². The number of halogens is 4. The summed E-state index contributed by atoms with van der Waals surface area (Å²) < 4.78 is 36.1. The Balaban J connectivity index is 0.00000441. The van der Waals surface area contributed by atoms with Crippen molar-refractivity contribution < 1.29 is 18.0 Å². The zero-order chi connectivity index (χ0) is 15.9. The molecule has 0 spiro atoms. The number of carbonyl (C=O) groups is 1. The highest BCUT2D eigenvalue weighted by molar-refractivity contribution is 14.0. The first kappa shape index (κ1) is 20.5. The molecule has 0 aliphatic rings. The van der Waals surface area contributed by atoms with Gasteiger partial charge in [-0.25, -0.2) is 0 Å². The molecule has 0 heterocycles. The van der Waals surface area contributed by atoms with Crippen molar-refractivity contribution >= 4 is 35.8 Å². The summed E-state index contributed by atoms with van der Waals surface area (Å²) >= 11 is 0. The van der Waals surface area contributed by atoms with E-state index in [1.807, 2.05) is 0 Å². The molecule has 1 aromatic rings. The predicted octanol–water partition coefficient (Wildman–Crippen LogP) is 2.02. The fourth-order valence-corrected chi connectivity index (χ4v) is 1.56. The Hall–Kier alpha value is -1.52. The molecule has 1 rings (SSSR count). The van der Waals surface area contributed by atoms with E-state index in [0.717, 1.165) is 5.56 Å². The Kier molecular flexibility index (Phi) is 8.83. The molecule has 0 aliphatic heterocycles. The molecule has 9 heteroatoms. The minimum absolute atomic E-state index is 0. The number of amides is 1. The van der Waals surface area contributed by atoms with Crippen molar-refractivity contribution in [1.82, 2.24) is 10.6 Å². The van der Waals surface area contributed by atoms with E-state index in [4.69, 9.17) is 5.73 Å². The first-order valence-electron chi connectivity index (χ1n) is 6.22. The summed E-state index contributed by atoms with van der Waals surface area (Å²) in [5.74, 6) is -0.284. The summed E-state index contributed by atoms with van der Waals surface area (Å²) in [5, 5.41) is 5.42. The van der Waals surface area contributed by atoms with Crippen LogP contribution >= 0.6 is 24.0 Å². The van der Waals surface area contributed by atoms with Crippen molar-refractivity contribution in [2.24, 2.45) is 10.7 Å². The van der Waals surface area contributed by atoms with Crippen molar-refractivity contribution in [3.8, 4) is 0 Å². The van der Waals surface area contributed by atoms with Gasteiger partial charge in [-0.15, -0.1) is 24.0 Å². The van der Waals surface area contributed by atoms with Crippen LogP contribution in [0, 0.1) is 0 Å². The number of primary amides is 1. The standard InChI is InChI=1S/C13H17F3N4O.HI/c1-18-12(19-6-5-13(14,15)16)20-8-9-3-2-4-10(7-9)11(17)21;/h2-4,7H,5-6,8H2,1H3,(H2,17,21)(H2,18,19,20);1H. The molecule has 0 aromatic heterocycles. The number of nitrogens with two attached hydrogens (primary N) is 1. The van der Waals surface area contributed by atoms with Gasteiger partial charge in [-0.2, -0.15) is 13.2 Å². The number of nitrogens with zero attached hydrogens (tertiary/aromatic N) is 1. The zero-order valence-corrected chi connectivity index (χ0v) is 14.2. The third-order valence-electron chi connectivity index (χ3n) is 2.60. The number of hydrogen-bond donors (Lipinski definition) is 3. The molecule has 0 radical (unpaired) electrons. The second kappa shape index (κ2) is 9.49. The summed E-state index contributed by atoms with van der Waals surface area (Å²) in [4.78, 5) is 14.9. The van der Waals surface area contributed by atoms with Crippen molar-refractivity contribution in [1.29, 1.82) is 0 Å². The normalized spacial score (nSPS) is 11.5. The number of guanidine groups is 1. The van der Waals surface area contributed by atoms with Crippen LogP contribution in [0.4, 0.5) is 13.2 Å². The van der Waals surface area contributed by atoms with E-state index in [-0.39, 0.29) is 36.5 Å². The highest BCUT2D eigenvalue weighted by Gasteiger charge is 2.26. The van der Waals surface area contributed by atoms with Gasteiger partial charge in [0.05, 0.1) is 6.42 Å². The van der Waals surface area contributed by atoms with Gasteiger partial charge in [-0.3, -0.25) is 9.79 Å². The van der Waals surface area contributed by atoms with E-state index in [1.165, 1.54) is 7.05 Å². The number of aliphatic imine (C=N–C) groups is 1. The molecular weight excluding hydrogens is 412 g/mol. The second-order valence-electron chi connectivity index (χ2n) is 4.28. The molecule has 0 aliphatic carbocycles. The van der Waals surface area contributed by atoms with Crippen molar-refractivity contribution in [3.63, 3.8) is 0 Å². The van der Waals surface area contributed by atoms with Crippen LogP contribution in [0.2, 0.25) is 0 Å². The topological polar surface area (TPSA) is 79.5 Å². The lowest BCUT2D eigenvalue weighted by molar-refractivity contribution is -0.132. The quantitative estimate of drug-likeness (QED) is 0.380. The summed E-state index contributed by atoms with van der Waals surface area (Å²) in [6.45, 7) is 0.0529. The molecule has 124 valence electrons. The van der Waals surface area contributed by atoms with E-state index in [1.54, 1.807) is 24.3 Å². The van der Waals surface area contributed by atoms with Gasteiger partial charge >= 0.3 is 6.18 Å². The predicted molar refractivity (Wildman–Crippen MR) is 89.2 cm³/mol. The summed E-state index contributed by atoms with van der Waals surface area (Å²) in [7, 11) is 1.46. The van der Waals surface area contributed by atoms with Crippen LogP contribution < -0.4 is 16.4 Å². The number of carbonyl (C=O) groups excluding carboxylic acids is 1. The Bertz CT molecular complexity index is 520. The Morgan fingerprint density at radius 1 is 1.32 bits per heavy atom. The average molecular weight is 430 g/mol. The van der Waals surface area contributed by atoms with Crippen LogP contribution in [-0.2, 0) is 6.54 Å². The van der Waals surface area contributed by atoms with Crippen molar-refractivity contribution in [2.45, 2.75) is 19.1 Å². The summed E-state index contributed by atoms with van der Waals surface area (Å²) in [6.07, 6.45) is -5.15. The van der Waals surface area contributed by atoms with Gasteiger partial charge in [0.25, 0.3) is 0 Å². The summed E-state index contributed by atoms with van der Waals surface area (Å²) in [6, 6.07) is 6.64. The molecular formula is C13H18F3IN4O. The van der Waals surface area contributed by atoms with Crippen molar-refractivity contribution in [2.75, 3.05) is 13.6 Å². The number of alkyl halides is 3. The van der Waals surface area contributed by atoms with Gasteiger partial charge in [-0.1, -0.05) is 12.1 Å². The fraction of sp³-hybridized carbons (Fsp3) is 0.385. The van der Waals surface area contributed by atoms with Crippen LogP contribution in [0.1, 0.15) is 22.3 Å². The minimum atomic E-state index is -4.21. The van der Waals surface area contributed by atoms with E-state index < -0.39 is 18.5 Å². The Morgan fingerprint density at radius 3 is 2.55 bits per heavy atom. The maximum Gasteiger partial charge on any atom is 0.390 e. The van der Waals surface area contributed by atoms with Crippen LogP contribution in [0.3, 0.4) is 0 Å². The molecule has 0 saturated heterocycles. The molecule has 0 fully saturated rings. The molecule has 4 N–H and O–H groups in total. The van der Waals surface area contributed by atoms with Gasteiger partial charge in [0, 0.05) is 25.7 Å². The van der Waals surface area contributed by atoms with Crippen LogP contribution in [0.25, 0.3) is 0 Å². The molecule has 0 bridgehead atoms. The third kappa shape index (κ3) is 8.05. The molecule has 1 amide bonds. The molecule has 0 saturated carbocycles. The van der Waals surface area contributed by atoms with Crippen LogP contribution in [0.15, 0.2) is 29.3 Å². The van der Waals surface area contributed by atoms with Gasteiger partial charge in [0.1, 0.15) is 0 Å². The Morgan fingerprint density at radius 2 is 2.00 bits per heavy atom. The van der Waals surface area contributed by atoms with Gasteiger partial charge in [0.2, 0.25) is 5.91 Å². The summed E-state index contributed by atoms with van der Waals surface area (Å²) in [5.41, 5.74) is 6.31. The van der Waals surface area contributed by atoms with E-state index >= 15 is 0 Å². The van der Waals surface area contributed by atoms with E-state index in [2.05, 4.69) is 15.6 Å². The number of nitrogens with one attached hydrogen (secondary N) is 2. The molecule has 0 atom stereocenters. The van der Waals surface area contributed by atoms with Gasteiger partial charge in [-0.05, 0) is 17.7 Å². The fourth-order valence-electron chi connectivity index (χ4n) is 1.56. The molecule has 5 nitrogen and oxygen atoms in total. The lowest BCUT2D eigenvalue weighted by atomic mass is 10.1. The number of benzene rings is 1. The minimum Gasteiger partial charge on any atom is -0.366 e. The van der Waals surface area contributed by atoms with Crippen molar-refractivity contribution in [3.05, 3.63) is 35.4 Å². The first-order chi connectivity index (χ1) is 9.81. The van der Waals surface area contributed by atoms with Crippen LogP contribution in [0.5, 0.6) is 0 Å². The largest absolute Gasteiger partial charge is 0.390 e. The van der Waals surface area contributed by atoms with E-state index in [9.17, 15) is 18.0 Å². The SMILES string of the molecule is CN=C(NCCC(F)(F)F)NCc1cccc(C(N)=O)c1.I. The maximum absolute atomic E-state index is 12.0. The smallest absolute Gasteiger partial charge is 0.366 e. The first-order valence-corrected chi connectivity index (χ1v) is 6.22. The number of rotatable bonds is 5. The molecule has 0 unspecified atom stereocenters. The highest BCUT2D eigenvalue weighted by atomic mass is 127. The zero-order valence-electron chi connectivity index (χ0n) is 11.9. The lowest BCUT2D eigenvalue weighted by Crippen LogP contribution is -2.38. The average Bonchev–Trinajstić information content (AvgIpc) is 2.41. The highest BCUT2D eigenvalue weighted by Crippen LogP contribution is 2.18. The third-order valence-corrected chi connectivity index (χ3v) is 2.60. The molecule has 22 heavy (non-hydrogen) atoms. The maximum atomic E-state index is 12.0. The Labute approximate surface area is 143 Å². The lowest BCUT2D eigenvalue weighted by Gasteiger charge is -2.13.